The van der Waals surface area contributed by atoms with Crippen LogP contribution >= 0.6 is 0 Å². The first-order valence-corrected chi connectivity index (χ1v) is 4.49. The van der Waals surface area contributed by atoms with Crippen LogP contribution in [0.3, 0.4) is 0 Å². The molecule has 0 fully saturated rings. The Hall–Kier alpha value is -1.76. The van der Waals surface area contributed by atoms with Gasteiger partial charge < -0.3 is 4.90 Å². The molecule has 1 heteroatoms. The number of rotatable bonds is 2. The fraction of sp³-hybridized carbons (Fsp3) is 0. The molecule has 14 heavy (non-hydrogen) atoms. The van der Waals surface area contributed by atoms with Crippen molar-refractivity contribution in [1.29, 1.82) is 0 Å². The monoisotopic (exact) mass is 180 g/mol. The number of hydrogen-bond acceptors (Lipinski definition) is 1. The van der Waals surface area contributed by atoms with Gasteiger partial charge in [0.05, 0.1) is 0 Å². The second kappa shape index (κ2) is 3.97. The summed E-state index contributed by atoms with van der Waals surface area (Å²) in [6, 6.07) is 19.3. The van der Waals surface area contributed by atoms with Gasteiger partial charge in [0, 0.05) is 11.4 Å². The predicted molar refractivity (Wildman–Crippen MR) is 58.3 cm³/mol. The number of anilines is 2. The minimum atomic E-state index is 0.874. The Labute approximate surface area is 84.6 Å². The van der Waals surface area contributed by atoms with Crippen molar-refractivity contribution >= 4 is 11.4 Å². The molecule has 0 bridgehead atoms. The fourth-order valence-corrected chi connectivity index (χ4v) is 1.30. The SMILES string of the molecule is [C]N(c1ccccc1)c1ccccc1. The maximum absolute atomic E-state index is 7.89. The van der Waals surface area contributed by atoms with E-state index in [-0.39, 0.29) is 0 Å². The molecule has 0 unspecified atom stereocenters. The maximum Gasteiger partial charge on any atom is 0.130 e. The van der Waals surface area contributed by atoms with Crippen molar-refractivity contribution in [2.75, 3.05) is 4.90 Å². The van der Waals surface area contributed by atoms with Crippen molar-refractivity contribution in [2.45, 2.75) is 0 Å². The van der Waals surface area contributed by atoms with Gasteiger partial charge in [-0.15, -0.1) is 0 Å². The standard InChI is InChI=1S/C13H10N/c1-14(12-8-4-2-5-9-12)13-10-6-3-7-11-13/h2-11H. The maximum atomic E-state index is 7.89. The zero-order valence-corrected chi connectivity index (χ0v) is 7.72. The van der Waals surface area contributed by atoms with Crippen molar-refractivity contribution in [3.8, 4) is 0 Å². The van der Waals surface area contributed by atoms with Crippen LogP contribution in [0.1, 0.15) is 0 Å². The van der Waals surface area contributed by atoms with Crippen molar-refractivity contribution in [1.82, 2.24) is 0 Å². The van der Waals surface area contributed by atoms with Crippen LogP contribution in [-0.2, 0) is 0 Å². The highest BCUT2D eigenvalue weighted by Gasteiger charge is 2.01. The van der Waals surface area contributed by atoms with E-state index < -0.39 is 0 Å². The molecule has 0 spiro atoms. The quantitative estimate of drug-likeness (QED) is 0.684. The minimum absolute atomic E-state index is 0.874. The number of para-hydroxylation sites is 2. The Kier molecular flexibility index (Phi) is 2.50. The summed E-state index contributed by atoms with van der Waals surface area (Å²) in [7, 11) is 7.89. The lowest BCUT2D eigenvalue weighted by molar-refractivity contribution is 1.28. The third-order valence-corrected chi connectivity index (χ3v) is 2.03. The molecule has 0 N–H and O–H groups in total. The van der Waals surface area contributed by atoms with Crippen LogP contribution in [0.4, 0.5) is 11.4 Å². The van der Waals surface area contributed by atoms with E-state index >= 15 is 0 Å². The smallest absolute Gasteiger partial charge is 0.130 e. The Morgan fingerprint density at radius 1 is 0.643 bits per heavy atom. The molecule has 0 heterocycles. The molecule has 0 aromatic heterocycles. The van der Waals surface area contributed by atoms with Gasteiger partial charge in [-0.1, -0.05) is 36.4 Å². The summed E-state index contributed by atoms with van der Waals surface area (Å²) in [5.41, 5.74) is 1.75. The van der Waals surface area contributed by atoms with Crippen molar-refractivity contribution in [3.05, 3.63) is 67.7 Å². The van der Waals surface area contributed by atoms with Gasteiger partial charge in [0.2, 0.25) is 0 Å². The van der Waals surface area contributed by atoms with Crippen LogP contribution in [0.2, 0.25) is 0 Å². The first-order chi connectivity index (χ1) is 6.88. The molecule has 0 saturated carbocycles. The van der Waals surface area contributed by atoms with Gasteiger partial charge in [-0.3, -0.25) is 0 Å². The molecule has 67 valence electrons. The molecule has 0 atom stereocenters. The summed E-state index contributed by atoms with van der Waals surface area (Å²) in [5.74, 6) is 0. The van der Waals surface area contributed by atoms with Gasteiger partial charge in [0.15, 0.2) is 0 Å². The molecule has 0 aliphatic rings. The highest BCUT2D eigenvalue weighted by atomic mass is 15.1. The van der Waals surface area contributed by atoms with Crippen LogP contribution < -0.4 is 4.90 Å². The lowest BCUT2D eigenvalue weighted by Crippen LogP contribution is -2.05. The van der Waals surface area contributed by atoms with Gasteiger partial charge in [-0.25, -0.2) is 0 Å². The van der Waals surface area contributed by atoms with Crippen LogP contribution in [0.15, 0.2) is 60.7 Å². The average molecular weight is 180 g/mol. The second-order valence-corrected chi connectivity index (χ2v) is 3.01. The molecule has 2 aromatic carbocycles. The van der Waals surface area contributed by atoms with Gasteiger partial charge in [0.25, 0.3) is 0 Å². The van der Waals surface area contributed by atoms with Crippen LogP contribution in [0.5, 0.6) is 0 Å². The molecule has 3 radical (unpaired) electrons. The summed E-state index contributed by atoms with van der Waals surface area (Å²) < 4.78 is 0. The summed E-state index contributed by atoms with van der Waals surface area (Å²) in [6.45, 7) is 0. The van der Waals surface area contributed by atoms with Crippen LogP contribution in [-0.4, -0.2) is 0 Å². The number of nitrogens with zero attached hydrogens (tertiary/aromatic N) is 1. The molecule has 0 amide bonds. The van der Waals surface area contributed by atoms with Crippen molar-refractivity contribution in [2.24, 2.45) is 0 Å². The van der Waals surface area contributed by atoms with Crippen molar-refractivity contribution < 1.29 is 0 Å². The number of benzene rings is 2. The molecule has 0 saturated heterocycles. The van der Waals surface area contributed by atoms with Gasteiger partial charge in [0.1, 0.15) is 7.05 Å². The van der Waals surface area contributed by atoms with E-state index in [4.69, 9.17) is 7.05 Å². The van der Waals surface area contributed by atoms with Crippen LogP contribution in [0.25, 0.3) is 0 Å². The van der Waals surface area contributed by atoms with Gasteiger partial charge in [-0.2, -0.15) is 0 Å². The highest BCUT2D eigenvalue weighted by molar-refractivity contribution is 5.63. The largest absolute Gasteiger partial charge is 0.328 e. The van der Waals surface area contributed by atoms with E-state index in [0.29, 0.717) is 0 Å². The molecule has 2 rings (SSSR count). The first-order valence-electron chi connectivity index (χ1n) is 4.49. The van der Waals surface area contributed by atoms with Gasteiger partial charge >= 0.3 is 0 Å². The lowest BCUT2D eigenvalue weighted by atomic mass is 10.2. The van der Waals surface area contributed by atoms with E-state index in [0.717, 1.165) is 11.4 Å². The number of hydrogen-bond donors (Lipinski definition) is 0. The minimum Gasteiger partial charge on any atom is -0.328 e. The third-order valence-electron chi connectivity index (χ3n) is 2.03. The fourth-order valence-electron chi connectivity index (χ4n) is 1.30. The normalized spacial score (nSPS) is 9.79. The zero-order valence-electron chi connectivity index (χ0n) is 7.72. The molecule has 1 nitrogen and oxygen atoms in total. The van der Waals surface area contributed by atoms with E-state index in [9.17, 15) is 0 Å². The van der Waals surface area contributed by atoms with Crippen molar-refractivity contribution in [3.63, 3.8) is 0 Å². The first kappa shape index (κ1) is 8.82. The highest BCUT2D eigenvalue weighted by Crippen LogP contribution is 2.22. The summed E-state index contributed by atoms with van der Waals surface area (Å²) in [6.07, 6.45) is 0. The van der Waals surface area contributed by atoms with Gasteiger partial charge in [-0.05, 0) is 24.3 Å². The third kappa shape index (κ3) is 1.77. The van der Waals surface area contributed by atoms with E-state index in [1.165, 1.54) is 4.90 Å². The lowest BCUT2D eigenvalue weighted by Gasteiger charge is -2.17. The second-order valence-electron chi connectivity index (χ2n) is 3.01. The van der Waals surface area contributed by atoms with E-state index in [1.54, 1.807) is 0 Å². The Balaban J connectivity index is 2.30. The van der Waals surface area contributed by atoms with Crippen LogP contribution in [0, 0.1) is 7.05 Å². The Morgan fingerprint density at radius 2 is 1.00 bits per heavy atom. The summed E-state index contributed by atoms with van der Waals surface area (Å²) >= 11 is 0. The molecule has 2 aromatic rings. The molecular weight excluding hydrogens is 170 g/mol. The summed E-state index contributed by atoms with van der Waals surface area (Å²) in [5, 5.41) is 0. The topological polar surface area (TPSA) is 3.24 Å². The summed E-state index contributed by atoms with van der Waals surface area (Å²) in [4.78, 5) is 1.42. The van der Waals surface area contributed by atoms with E-state index in [1.807, 2.05) is 60.7 Å². The Morgan fingerprint density at radius 3 is 1.36 bits per heavy atom. The molecule has 0 aliphatic carbocycles. The molecule has 0 aliphatic heterocycles. The Bertz CT molecular complexity index is 341. The van der Waals surface area contributed by atoms with E-state index in [2.05, 4.69) is 0 Å². The predicted octanol–water partition coefficient (Wildman–Crippen LogP) is 3.37. The molecular formula is C13H10N. The average Bonchev–Trinajstić information content (AvgIpc) is 2.30. The zero-order chi connectivity index (χ0) is 9.80.